The van der Waals surface area contributed by atoms with Crippen LogP contribution in [0.2, 0.25) is 0 Å². The summed E-state index contributed by atoms with van der Waals surface area (Å²) < 4.78 is 13.7. The van der Waals surface area contributed by atoms with Gasteiger partial charge in [-0.1, -0.05) is 12.1 Å². The van der Waals surface area contributed by atoms with Crippen molar-refractivity contribution in [1.29, 1.82) is 0 Å². The summed E-state index contributed by atoms with van der Waals surface area (Å²) in [5, 5.41) is 0. The lowest BCUT2D eigenvalue weighted by molar-refractivity contribution is 0.371. The molecule has 1 aromatic rings. The summed E-state index contributed by atoms with van der Waals surface area (Å²) in [5.74, 6) is 5.88. The van der Waals surface area contributed by atoms with E-state index in [1.54, 1.807) is 19.2 Å². The lowest BCUT2D eigenvalue weighted by Gasteiger charge is -2.37. The van der Waals surface area contributed by atoms with Gasteiger partial charge >= 0.3 is 0 Å². The van der Waals surface area contributed by atoms with Gasteiger partial charge in [0.15, 0.2) is 0 Å². The van der Waals surface area contributed by atoms with E-state index >= 15 is 0 Å². The minimum atomic E-state index is -0.174. The Labute approximate surface area is 106 Å². The number of hydrogen-bond donors (Lipinski definition) is 2. The fourth-order valence-electron chi connectivity index (χ4n) is 2.16. The third-order valence-electron chi connectivity index (χ3n) is 3.11. The highest BCUT2D eigenvalue weighted by molar-refractivity contribution is 5.79. The number of benzene rings is 1. The average molecular weight is 251 g/mol. The molecule has 1 aromatic carbocycles. The molecule has 18 heavy (non-hydrogen) atoms. The highest BCUT2D eigenvalue weighted by Crippen LogP contribution is 2.19. The summed E-state index contributed by atoms with van der Waals surface area (Å²) >= 11 is 0. The lowest BCUT2D eigenvalue weighted by atomic mass is 10.2. The largest absolute Gasteiger partial charge is 0.366 e. The standard InChI is InChI=1S/C12H18FN5/c1-15-12(16-14)18-8-6-17(7-9-18)11-5-3-2-4-10(11)13/h2-5H,6-9,14H2,1H3,(H,15,16). The van der Waals surface area contributed by atoms with Crippen LogP contribution in [0, 0.1) is 5.82 Å². The van der Waals surface area contributed by atoms with Gasteiger partial charge in [0.25, 0.3) is 0 Å². The number of nitrogens with one attached hydrogen (secondary N) is 1. The molecule has 0 spiro atoms. The minimum absolute atomic E-state index is 0.174. The fourth-order valence-corrected chi connectivity index (χ4v) is 2.16. The first-order valence-corrected chi connectivity index (χ1v) is 5.94. The van der Waals surface area contributed by atoms with E-state index in [2.05, 4.69) is 15.3 Å². The van der Waals surface area contributed by atoms with Gasteiger partial charge in [0.05, 0.1) is 5.69 Å². The van der Waals surface area contributed by atoms with Crippen molar-refractivity contribution in [1.82, 2.24) is 10.3 Å². The molecule has 3 N–H and O–H groups in total. The van der Waals surface area contributed by atoms with Crippen LogP contribution < -0.4 is 16.2 Å². The summed E-state index contributed by atoms with van der Waals surface area (Å²) in [6.45, 7) is 3.04. The highest BCUT2D eigenvalue weighted by atomic mass is 19.1. The van der Waals surface area contributed by atoms with Crippen molar-refractivity contribution >= 4 is 11.6 Å². The molecule has 1 saturated heterocycles. The minimum Gasteiger partial charge on any atom is -0.366 e. The molecule has 1 aliphatic rings. The maximum Gasteiger partial charge on any atom is 0.208 e. The van der Waals surface area contributed by atoms with Crippen molar-refractivity contribution in [3.05, 3.63) is 30.1 Å². The number of guanidine groups is 1. The number of rotatable bonds is 1. The molecule has 0 amide bonds. The van der Waals surface area contributed by atoms with E-state index in [9.17, 15) is 4.39 Å². The Morgan fingerprint density at radius 1 is 1.28 bits per heavy atom. The predicted molar refractivity (Wildman–Crippen MR) is 70.9 cm³/mol. The normalized spacial score (nSPS) is 16.9. The van der Waals surface area contributed by atoms with E-state index in [0.717, 1.165) is 26.2 Å². The molecule has 0 saturated carbocycles. The van der Waals surface area contributed by atoms with E-state index in [0.29, 0.717) is 11.6 Å². The Kier molecular flexibility index (Phi) is 3.99. The van der Waals surface area contributed by atoms with Gasteiger partial charge in [-0.05, 0) is 12.1 Å². The highest BCUT2D eigenvalue weighted by Gasteiger charge is 2.20. The average Bonchev–Trinajstić information content (AvgIpc) is 2.42. The maximum atomic E-state index is 13.7. The van der Waals surface area contributed by atoms with Crippen molar-refractivity contribution in [2.24, 2.45) is 10.8 Å². The molecule has 5 nitrogen and oxygen atoms in total. The van der Waals surface area contributed by atoms with E-state index in [1.807, 2.05) is 11.0 Å². The van der Waals surface area contributed by atoms with Crippen molar-refractivity contribution in [3.8, 4) is 0 Å². The third-order valence-corrected chi connectivity index (χ3v) is 3.11. The van der Waals surface area contributed by atoms with Gasteiger partial charge in [-0.25, -0.2) is 10.2 Å². The summed E-state index contributed by atoms with van der Waals surface area (Å²) in [7, 11) is 1.69. The van der Waals surface area contributed by atoms with Crippen molar-refractivity contribution in [2.75, 3.05) is 38.1 Å². The van der Waals surface area contributed by atoms with E-state index in [1.165, 1.54) is 6.07 Å². The number of hydrazine groups is 1. The zero-order valence-electron chi connectivity index (χ0n) is 10.4. The molecule has 98 valence electrons. The van der Waals surface area contributed by atoms with Crippen molar-refractivity contribution < 1.29 is 4.39 Å². The molecule has 6 heteroatoms. The second kappa shape index (κ2) is 5.68. The van der Waals surface area contributed by atoms with Crippen LogP contribution in [0.3, 0.4) is 0 Å². The predicted octanol–water partition coefficient (Wildman–Crippen LogP) is 0.397. The van der Waals surface area contributed by atoms with Crippen LogP contribution >= 0.6 is 0 Å². The summed E-state index contributed by atoms with van der Waals surface area (Å²) in [6, 6.07) is 6.85. The molecule has 0 radical (unpaired) electrons. The van der Waals surface area contributed by atoms with Gasteiger partial charge in [0.2, 0.25) is 5.96 Å². The molecule has 1 fully saturated rings. The zero-order chi connectivity index (χ0) is 13.0. The monoisotopic (exact) mass is 251 g/mol. The summed E-state index contributed by atoms with van der Waals surface area (Å²) in [6.07, 6.45) is 0. The Balaban J connectivity index is 2.01. The van der Waals surface area contributed by atoms with Gasteiger partial charge in [0.1, 0.15) is 5.82 Å². The van der Waals surface area contributed by atoms with E-state index in [4.69, 9.17) is 5.84 Å². The quantitative estimate of drug-likeness (QED) is 0.328. The van der Waals surface area contributed by atoms with Crippen LogP contribution in [-0.4, -0.2) is 44.1 Å². The van der Waals surface area contributed by atoms with Gasteiger partial charge < -0.3 is 9.80 Å². The molecule has 0 aliphatic carbocycles. The van der Waals surface area contributed by atoms with Gasteiger partial charge in [-0.3, -0.25) is 10.4 Å². The van der Waals surface area contributed by atoms with E-state index in [-0.39, 0.29) is 5.82 Å². The molecular formula is C12H18FN5. The number of aliphatic imine (C=N–C) groups is 1. The number of para-hydroxylation sites is 1. The van der Waals surface area contributed by atoms with Gasteiger partial charge in [-0.2, -0.15) is 0 Å². The molecule has 0 aromatic heterocycles. The first-order valence-electron chi connectivity index (χ1n) is 5.94. The van der Waals surface area contributed by atoms with Crippen LogP contribution in [0.4, 0.5) is 10.1 Å². The number of hydrogen-bond acceptors (Lipinski definition) is 3. The van der Waals surface area contributed by atoms with Crippen LogP contribution in [0.15, 0.2) is 29.3 Å². The SMILES string of the molecule is CN=C(NN)N1CCN(c2ccccc2F)CC1. The lowest BCUT2D eigenvalue weighted by Crippen LogP contribution is -2.54. The molecular weight excluding hydrogens is 233 g/mol. The maximum absolute atomic E-state index is 13.7. The molecule has 0 bridgehead atoms. The Morgan fingerprint density at radius 3 is 2.50 bits per heavy atom. The van der Waals surface area contributed by atoms with Crippen LogP contribution in [0.5, 0.6) is 0 Å². The molecule has 2 rings (SSSR count). The van der Waals surface area contributed by atoms with Crippen molar-refractivity contribution in [3.63, 3.8) is 0 Å². The Morgan fingerprint density at radius 2 is 1.94 bits per heavy atom. The second-order valence-corrected chi connectivity index (χ2v) is 4.12. The Hall–Kier alpha value is -1.82. The molecule has 0 unspecified atom stereocenters. The number of nitrogens with two attached hydrogens (primary N) is 1. The second-order valence-electron chi connectivity index (χ2n) is 4.12. The fraction of sp³-hybridized carbons (Fsp3) is 0.417. The topological polar surface area (TPSA) is 56.9 Å². The van der Waals surface area contributed by atoms with Crippen molar-refractivity contribution in [2.45, 2.75) is 0 Å². The van der Waals surface area contributed by atoms with E-state index < -0.39 is 0 Å². The van der Waals surface area contributed by atoms with Crippen LogP contribution in [0.1, 0.15) is 0 Å². The summed E-state index contributed by atoms with van der Waals surface area (Å²) in [4.78, 5) is 8.15. The number of nitrogens with zero attached hydrogens (tertiary/aromatic N) is 3. The molecule has 1 aliphatic heterocycles. The van der Waals surface area contributed by atoms with Gasteiger partial charge in [-0.15, -0.1) is 0 Å². The Bertz CT molecular complexity index is 426. The third kappa shape index (κ3) is 2.53. The molecule has 0 atom stereocenters. The van der Waals surface area contributed by atoms with Crippen LogP contribution in [-0.2, 0) is 0 Å². The first kappa shape index (κ1) is 12.6. The zero-order valence-corrected chi connectivity index (χ0v) is 10.4. The number of piperazine rings is 1. The summed E-state index contributed by atoms with van der Waals surface area (Å²) in [5.41, 5.74) is 3.23. The smallest absolute Gasteiger partial charge is 0.208 e. The number of halogens is 1. The van der Waals surface area contributed by atoms with Gasteiger partial charge in [0, 0.05) is 33.2 Å². The van der Waals surface area contributed by atoms with Crippen LogP contribution in [0.25, 0.3) is 0 Å². The number of anilines is 1. The first-order chi connectivity index (χ1) is 8.76. The molecule has 1 heterocycles.